The number of rotatable bonds is 1. The van der Waals surface area contributed by atoms with Crippen LogP contribution in [0.4, 0.5) is 0 Å². The molecule has 0 unspecified atom stereocenters. The van der Waals surface area contributed by atoms with Crippen LogP contribution in [0.3, 0.4) is 0 Å². The fourth-order valence-corrected chi connectivity index (χ4v) is 1.60. The van der Waals surface area contributed by atoms with Gasteiger partial charge in [0.2, 0.25) is 0 Å². The highest BCUT2D eigenvalue weighted by molar-refractivity contribution is 9.08. The van der Waals surface area contributed by atoms with E-state index in [0.717, 1.165) is 16.4 Å². The predicted octanol–water partition coefficient (Wildman–Crippen LogP) is 2.52. The lowest BCUT2D eigenvalue weighted by Gasteiger charge is -1.99. The summed E-state index contributed by atoms with van der Waals surface area (Å²) in [6, 6.07) is 5.84. The van der Waals surface area contributed by atoms with E-state index in [1.165, 1.54) is 5.56 Å². The quantitative estimate of drug-likeness (QED) is 0.694. The molecule has 2 rings (SSSR count). The summed E-state index contributed by atoms with van der Waals surface area (Å²) in [6.07, 6.45) is 3.59. The molecule has 12 heavy (non-hydrogen) atoms. The van der Waals surface area contributed by atoms with Gasteiger partial charge in [-0.2, -0.15) is 0 Å². The van der Waals surface area contributed by atoms with E-state index in [4.69, 9.17) is 0 Å². The Kier molecular flexibility index (Phi) is 2.04. The number of fused-ring (bicyclic) bond motifs is 1. The molecule has 2 heterocycles. The molecule has 2 aromatic heterocycles. The summed E-state index contributed by atoms with van der Waals surface area (Å²) in [7, 11) is 0. The van der Waals surface area contributed by atoms with Gasteiger partial charge in [-0.15, -0.1) is 0 Å². The van der Waals surface area contributed by atoms with Gasteiger partial charge in [0.1, 0.15) is 0 Å². The standard InChI is InChI=1S/C9H7BrN2/c10-6-7-3-5-11-8-2-1-4-12-9(7)8/h1-5H,6H2. The van der Waals surface area contributed by atoms with E-state index in [9.17, 15) is 0 Å². The minimum absolute atomic E-state index is 0.822. The largest absolute Gasteiger partial charge is 0.255 e. The van der Waals surface area contributed by atoms with Crippen molar-refractivity contribution in [2.45, 2.75) is 5.33 Å². The maximum Gasteiger partial charge on any atom is 0.0927 e. The summed E-state index contributed by atoms with van der Waals surface area (Å²) in [4.78, 5) is 8.47. The third kappa shape index (κ3) is 1.20. The van der Waals surface area contributed by atoms with E-state index in [0.29, 0.717) is 0 Å². The van der Waals surface area contributed by atoms with Crippen LogP contribution in [0.15, 0.2) is 30.6 Å². The molecule has 2 nitrogen and oxygen atoms in total. The monoisotopic (exact) mass is 222 g/mol. The van der Waals surface area contributed by atoms with Gasteiger partial charge in [0.15, 0.2) is 0 Å². The molecule has 0 spiro atoms. The number of hydrogen-bond acceptors (Lipinski definition) is 2. The van der Waals surface area contributed by atoms with Crippen molar-refractivity contribution in [1.82, 2.24) is 9.97 Å². The minimum atomic E-state index is 0.822. The first kappa shape index (κ1) is 7.68. The molecule has 0 radical (unpaired) electrons. The van der Waals surface area contributed by atoms with Crippen LogP contribution in [0.1, 0.15) is 5.56 Å². The van der Waals surface area contributed by atoms with Gasteiger partial charge in [0, 0.05) is 17.7 Å². The molecule has 60 valence electrons. The van der Waals surface area contributed by atoms with Crippen molar-refractivity contribution in [1.29, 1.82) is 0 Å². The Bertz CT molecular complexity index is 395. The number of hydrogen-bond donors (Lipinski definition) is 0. The highest BCUT2D eigenvalue weighted by Gasteiger charge is 1.99. The van der Waals surface area contributed by atoms with Crippen molar-refractivity contribution in [3.8, 4) is 0 Å². The predicted molar refractivity (Wildman–Crippen MR) is 52.2 cm³/mol. The Labute approximate surface area is 78.8 Å². The van der Waals surface area contributed by atoms with Crippen molar-refractivity contribution in [3.63, 3.8) is 0 Å². The lowest BCUT2D eigenvalue weighted by Crippen LogP contribution is -1.86. The van der Waals surface area contributed by atoms with Crippen LogP contribution in [-0.4, -0.2) is 9.97 Å². The van der Waals surface area contributed by atoms with Gasteiger partial charge in [-0.25, -0.2) is 0 Å². The fourth-order valence-electron chi connectivity index (χ4n) is 1.14. The molecule has 0 N–H and O–H groups in total. The molecule has 0 aliphatic heterocycles. The van der Waals surface area contributed by atoms with Crippen molar-refractivity contribution in [2.75, 3.05) is 0 Å². The molecule has 0 atom stereocenters. The van der Waals surface area contributed by atoms with E-state index in [1.807, 2.05) is 18.2 Å². The van der Waals surface area contributed by atoms with Crippen LogP contribution < -0.4 is 0 Å². The number of aromatic nitrogens is 2. The first-order chi connectivity index (χ1) is 5.92. The lowest BCUT2D eigenvalue weighted by molar-refractivity contribution is 1.29. The molecule has 0 saturated carbocycles. The smallest absolute Gasteiger partial charge is 0.0927 e. The van der Waals surface area contributed by atoms with Gasteiger partial charge in [-0.3, -0.25) is 9.97 Å². The van der Waals surface area contributed by atoms with Crippen LogP contribution >= 0.6 is 15.9 Å². The maximum absolute atomic E-state index is 4.26. The van der Waals surface area contributed by atoms with Crippen molar-refractivity contribution < 1.29 is 0 Å². The molecule has 2 aromatic rings. The second-order valence-corrected chi connectivity index (χ2v) is 3.04. The normalized spacial score (nSPS) is 10.4. The topological polar surface area (TPSA) is 25.8 Å². The van der Waals surface area contributed by atoms with Gasteiger partial charge in [-0.05, 0) is 23.8 Å². The average Bonchev–Trinajstić information content (AvgIpc) is 2.17. The summed E-state index contributed by atoms with van der Waals surface area (Å²) in [6.45, 7) is 0. The Balaban J connectivity index is 2.79. The van der Waals surface area contributed by atoms with Gasteiger partial charge in [0.05, 0.1) is 11.0 Å². The maximum atomic E-state index is 4.26. The van der Waals surface area contributed by atoms with E-state index >= 15 is 0 Å². The van der Waals surface area contributed by atoms with Crippen molar-refractivity contribution >= 4 is 27.0 Å². The fraction of sp³-hybridized carbons (Fsp3) is 0.111. The Morgan fingerprint density at radius 2 is 2.08 bits per heavy atom. The Morgan fingerprint density at radius 3 is 2.92 bits per heavy atom. The van der Waals surface area contributed by atoms with Crippen molar-refractivity contribution in [3.05, 3.63) is 36.2 Å². The highest BCUT2D eigenvalue weighted by atomic mass is 79.9. The molecule has 0 aliphatic rings. The number of alkyl halides is 1. The van der Waals surface area contributed by atoms with Crippen LogP contribution in [0.25, 0.3) is 11.0 Å². The second kappa shape index (κ2) is 3.19. The van der Waals surface area contributed by atoms with Crippen LogP contribution in [0.2, 0.25) is 0 Å². The zero-order chi connectivity index (χ0) is 8.39. The Morgan fingerprint density at radius 1 is 1.17 bits per heavy atom. The highest BCUT2D eigenvalue weighted by Crippen LogP contribution is 2.15. The average molecular weight is 223 g/mol. The third-order valence-corrected chi connectivity index (χ3v) is 2.33. The van der Waals surface area contributed by atoms with Gasteiger partial charge >= 0.3 is 0 Å². The number of halogens is 1. The van der Waals surface area contributed by atoms with E-state index in [2.05, 4.69) is 25.9 Å². The second-order valence-electron chi connectivity index (χ2n) is 2.47. The SMILES string of the molecule is BrCc1ccnc2cccnc12. The van der Waals surface area contributed by atoms with E-state index in [1.54, 1.807) is 12.4 Å². The molecular weight excluding hydrogens is 216 g/mol. The first-order valence-electron chi connectivity index (χ1n) is 3.66. The van der Waals surface area contributed by atoms with Crippen LogP contribution in [-0.2, 0) is 5.33 Å². The molecule has 0 saturated heterocycles. The molecule has 0 aliphatic carbocycles. The van der Waals surface area contributed by atoms with Crippen molar-refractivity contribution in [2.24, 2.45) is 0 Å². The minimum Gasteiger partial charge on any atom is -0.255 e. The summed E-state index contributed by atoms with van der Waals surface area (Å²) >= 11 is 3.41. The lowest BCUT2D eigenvalue weighted by atomic mass is 10.2. The molecule has 0 amide bonds. The molecule has 0 fully saturated rings. The molecular formula is C9H7BrN2. The zero-order valence-electron chi connectivity index (χ0n) is 6.37. The van der Waals surface area contributed by atoms with Gasteiger partial charge in [-0.1, -0.05) is 15.9 Å². The number of pyridine rings is 2. The van der Waals surface area contributed by atoms with Crippen LogP contribution in [0, 0.1) is 0 Å². The molecule has 3 heteroatoms. The molecule has 0 aromatic carbocycles. The van der Waals surface area contributed by atoms with Crippen LogP contribution in [0.5, 0.6) is 0 Å². The summed E-state index contributed by atoms with van der Waals surface area (Å²) in [5, 5.41) is 0.822. The zero-order valence-corrected chi connectivity index (χ0v) is 7.95. The summed E-state index contributed by atoms with van der Waals surface area (Å²) < 4.78 is 0. The van der Waals surface area contributed by atoms with Gasteiger partial charge in [0.25, 0.3) is 0 Å². The van der Waals surface area contributed by atoms with E-state index < -0.39 is 0 Å². The summed E-state index contributed by atoms with van der Waals surface area (Å²) in [5.74, 6) is 0. The Hall–Kier alpha value is -0.960. The molecule has 0 bridgehead atoms. The van der Waals surface area contributed by atoms with Gasteiger partial charge < -0.3 is 0 Å². The number of nitrogens with zero attached hydrogens (tertiary/aromatic N) is 2. The first-order valence-corrected chi connectivity index (χ1v) is 4.78. The summed E-state index contributed by atoms with van der Waals surface area (Å²) in [5.41, 5.74) is 3.12. The third-order valence-electron chi connectivity index (χ3n) is 1.72. The van der Waals surface area contributed by atoms with E-state index in [-0.39, 0.29) is 0 Å².